The van der Waals surface area contributed by atoms with Crippen LogP contribution in [0.15, 0.2) is 71.5 Å². The van der Waals surface area contributed by atoms with Gasteiger partial charge in [-0.1, -0.05) is 53.6 Å². The van der Waals surface area contributed by atoms with E-state index in [1.165, 1.54) is 0 Å². The molecule has 0 unspecified atom stereocenters. The molecule has 0 atom stereocenters. The van der Waals surface area contributed by atoms with Crippen LogP contribution in [0.1, 0.15) is 11.1 Å². The molecule has 2 aromatic heterocycles. The lowest BCUT2D eigenvalue weighted by atomic mass is 9.95. The Balaban J connectivity index is 2.13. The molecule has 3 nitrogen and oxygen atoms in total. The molecule has 2 heterocycles. The molecule has 0 amide bonds. The molecule has 3 heteroatoms. The highest BCUT2D eigenvalue weighted by Crippen LogP contribution is 2.34. The molecular formula is C25H20N2O. The number of rotatable bonds is 1. The molecule has 0 saturated carbocycles. The minimum absolute atomic E-state index is 0.0431. The first kappa shape index (κ1) is 16.7. The Morgan fingerprint density at radius 1 is 0.821 bits per heavy atom. The van der Waals surface area contributed by atoms with Gasteiger partial charge < -0.3 is 4.57 Å². The van der Waals surface area contributed by atoms with Gasteiger partial charge in [-0.3, -0.25) is 4.79 Å². The molecule has 0 fully saturated rings. The predicted octanol–water partition coefficient (Wildman–Crippen LogP) is 5.52. The summed E-state index contributed by atoms with van der Waals surface area (Å²) in [5, 5.41) is 2.44. The van der Waals surface area contributed by atoms with E-state index in [2.05, 4.69) is 31.2 Å². The van der Waals surface area contributed by atoms with E-state index < -0.39 is 0 Å². The normalized spacial score (nSPS) is 11.5. The third-order valence-corrected chi connectivity index (χ3v) is 5.49. The number of hydrogen-bond acceptors (Lipinski definition) is 2. The van der Waals surface area contributed by atoms with E-state index in [9.17, 15) is 4.79 Å². The summed E-state index contributed by atoms with van der Waals surface area (Å²) in [6.45, 7) is 4.09. The summed E-state index contributed by atoms with van der Waals surface area (Å²) < 4.78 is 2.04. The summed E-state index contributed by atoms with van der Waals surface area (Å²) in [5.74, 6) is 0. The van der Waals surface area contributed by atoms with Crippen molar-refractivity contribution in [3.8, 4) is 11.1 Å². The van der Waals surface area contributed by atoms with Crippen molar-refractivity contribution >= 4 is 32.8 Å². The van der Waals surface area contributed by atoms with Gasteiger partial charge in [-0.2, -0.15) is 0 Å². The smallest absolute Gasteiger partial charge is 0.199 e. The number of aryl methyl sites for hydroxylation is 3. The molecular weight excluding hydrogens is 344 g/mol. The van der Waals surface area contributed by atoms with Gasteiger partial charge in [0, 0.05) is 23.4 Å². The molecule has 3 aromatic carbocycles. The van der Waals surface area contributed by atoms with E-state index in [-0.39, 0.29) is 5.43 Å². The lowest BCUT2D eigenvalue weighted by Gasteiger charge is -2.16. The van der Waals surface area contributed by atoms with Crippen molar-refractivity contribution in [2.75, 3.05) is 0 Å². The van der Waals surface area contributed by atoms with Crippen LogP contribution in [0, 0.1) is 13.8 Å². The van der Waals surface area contributed by atoms with Gasteiger partial charge in [0.2, 0.25) is 0 Å². The average Bonchev–Trinajstić information content (AvgIpc) is 2.71. The summed E-state index contributed by atoms with van der Waals surface area (Å²) in [7, 11) is 1.99. The van der Waals surface area contributed by atoms with Crippen molar-refractivity contribution in [3.63, 3.8) is 0 Å². The fourth-order valence-corrected chi connectivity index (χ4v) is 4.10. The number of fused-ring (bicyclic) bond motifs is 3. The Bertz CT molecular complexity index is 1450. The SMILES string of the molecule is Cc1ccc2nc3c(c(-c4ccccc4)c2c1)c(=O)c1cc(C)ccc1n3C. The first-order chi connectivity index (χ1) is 13.5. The summed E-state index contributed by atoms with van der Waals surface area (Å²) in [6.07, 6.45) is 0. The van der Waals surface area contributed by atoms with Crippen molar-refractivity contribution in [3.05, 3.63) is 88.1 Å². The Morgan fingerprint density at radius 2 is 1.50 bits per heavy atom. The Kier molecular flexibility index (Phi) is 3.59. The second-order valence-electron chi connectivity index (χ2n) is 7.48. The summed E-state index contributed by atoms with van der Waals surface area (Å²) >= 11 is 0. The van der Waals surface area contributed by atoms with Crippen LogP contribution in [0.5, 0.6) is 0 Å². The second-order valence-corrected chi connectivity index (χ2v) is 7.48. The van der Waals surface area contributed by atoms with E-state index in [1.54, 1.807) is 0 Å². The number of hydrogen-bond donors (Lipinski definition) is 0. The van der Waals surface area contributed by atoms with Gasteiger partial charge in [0.1, 0.15) is 5.65 Å². The van der Waals surface area contributed by atoms with Crippen LogP contribution >= 0.6 is 0 Å². The van der Waals surface area contributed by atoms with E-state index in [0.717, 1.165) is 49.7 Å². The fourth-order valence-electron chi connectivity index (χ4n) is 4.10. The molecule has 5 rings (SSSR count). The lowest BCUT2D eigenvalue weighted by Crippen LogP contribution is -2.12. The van der Waals surface area contributed by atoms with Crippen LogP contribution in [0.2, 0.25) is 0 Å². The minimum atomic E-state index is 0.0431. The highest BCUT2D eigenvalue weighted by atomic mass is 16.1. The summed E-state index contributed by atoms with van der Waals surface area (Å²) in [5.41, 5.74) is 6.80. The van der Waals surface area contributed by atoms with Gasteiger partial charge in [-0.15, -0.1) is 0 Å². The first-order valence-corrected chi connectivity index (χ1v) is 9.43. The van der Waals surface area contributed by atoms with Gasteiger partial charge in [-0.25, -0.2) is 4.98 Å². The molecule has 28 heavy (non-hydrogen) atoms. The van der Waals surface area contributed by atoms with Crippen molar-refractivity contribution in [1.29, 1.82) is 0 Å². The van der Waals surface area contributed by atoms with Gasteiger partial charge in [0.25, 0.3) is 0 Å². The van der Waals surface area contributed by atoms with Crippen LogP contribution < -0.4 is 5.43 Å². The van der Waals surface area contributed by atoms with Gasteiger partial charge >= 0.3 is 0 Å². The molecule has 0 aliphatic carbocycles. The lowest BCUT2D eigenvalue weighted by molar-refractivity contribution is 0.981. The molecule has 0 aliphatic heterocycles. The van der Waals surface area contributed by atoms with Crippen LogP contribution in [0.3, 0.4) is 0 Å². The maximum absolute atomic E-state index is 13.7. The minimum Gasteiger partial charge on any atom is -0.328 e. The zero-order valence-corrected chi connectivity index (χ0v) is 16.2. The van der Waals surface area contributed by atoms with E-state index in [4.69, 9.17) is 4.98 Å². The van der Waals surface area contributed by atoms with Crippen molar-refractivity contribution < 1.29 is 0 Å². The zero-order valence-electron chi connectivity index (χ0n) is 16.2. The van der Waals surface area contributed by atoms with Crippen LogP contribution in [-0.4, -0.2) is 9.55 Å². The zero-order chi connectivity index (χ0) is 19.4. The highest BCUT2D eigenvalue weighted by molar-refractivity contribution is 6.11. The van der Waals surface area contributed by atoms with Crippen molar-refractivity contribution in [1.82, 2.24) is 9.55 Å². The molecule has 136 valence electrons. The monoisotopic (exact) mass is 364 g/mol. The molecule has 0 spiro atoms. The third-order valence-electron chi connectivity index (χ3n) is 5.49. The Labute approximate surface area is 162 Å². The summed E-state index contributed by atoms with van der Waals surface area (Å²) in [4.78, 5) is 18.6. The quantitative estimate of drug-likeness (QED) is 0.367. The largest absolute Gasteiger partial charge is 0.328 e. The van der Waals surface area contributed by atoms with Crippen LogP contribution in [0.4, 0.5) is 0 Å². The second kappa shape index (κ2) is 6.03. The molecule has 0 N–H and O–H groups in total. The molecule has 5 aromatic rings. The Hall–Kier alpha value is -3.46. The molecule has 0 aliphatic rings. The number of pyridine rings is 2. The molecule has 0 radical (unpaired) electrons. The molecule has 0 saturated heterocycles. The molecule has 0 bridgehead atoms. The number of nitrogens with zero attached hydrogens (tertiary/aromatic N) is 2. The highest BCUT2D eigenvalue weighted by Gasteiger charge is 2.18. The van der Waals surface area contributed by atoms with Crippen LogP contribution in [0.25, 0.3) is 44.0 Å². The van der Waals surface area contributed by atoms with Gasteiger partial charge in [-0.05, 0) is 43.7 Å². The standard InChI is InChI=1S/C25H20N2O/c1-15-9-11-20-18(13-15)22(17-7-5-4-6-8-17)23-24(28)19-14-16(2)10-12-21(19)27(3)25(23)26-20/h4-14H,1-3H3. The van der Waals surface area contributed by atoms with Gasteiger partial charge in [0.05, 0.1) is 16.4 Å². The summed E-state index contributed by atoms with van der Waals surface area (Å²) in [6, 6.07) is 22.4. The van der Waals surface area contributed by atoms with E-state index in [0.29, 0.717) is 5.39 Å². The van der Waals surface area contributed by atoms with E-state index in [1.807, 2.05) is 61.0 Å². The third kappa shape index (κ3) is 2.36. The van der Waals surface area contributed by atoms with Crippen LogP contribution in [-0.2, 0) is 7.05 Å². The van der Waals surface area contributed by atoms with Crippen molar-refractivity contribution in [2.45, 2.75) is 13.8 Å². The maximum atomic E-state index is 13.7. The van der Waals surface area contributed by atoms with Crippen molar-refractivity contribution in [2.24, 2.45) is 7.05 Å². The van der Waals surface area contributed by atoms with Gasteiger partial charge in [0.15, 0.2) is 5.43 Å². The Morgan fingerprint density at radius 3 is 2.25 bits per heavy atom. The topological polar surface area (TPSA) is 34.9 Å². The fraction of sp³-hybridized carbons (Fsp3) is 0.120. The average molecular weight is 364 g/mol. The first-order valence-electron chi connectivity index (χ1n) is 9.43. The van der Waals surface area contributed by atoms with E-state index >= 15 is 0 Å². The number of aromatic nitrogens is 2. The number of benzene rings is 3. The maximum Gasteiger partial charge on any atom is 0.199 e. The predicted molar refractivity (Wildman–Crippen MR) is 117 cm³/mol.